The quantitative estimate of drug-likeness (QED) is 0.641. The number of benzene rings is 1. The molecule has 2 N–H and O–H groups in total. The van der Waals surface area contributed by atoms with Gasteiger partial charge in [-0.25, -0.2) is 4.79 Å². The molecular formula is C19H27NO3. The van der Waals surface area contributed by atoms with Crippen LogP contribution in [0.25, 0.3) is 0 Å². The summed E-state index contributed by atoms with van der Waals surface area (Å²) in [7, 11) is 0. The summed E-state index contributed by atoms with van der Waals surface area (Å²) in [6, 6.07) is 5.37. The Kier molecular flexibility index (Phi) is 6.09. The molecule has 4 nitrogen and oxygen atoms in total. The zero-order valence-electron chi connectivity index (χ0n) is 14.9. The number of carbonyl (C=O) groups excluding carboxylic acids is 1. The molecule has 126 valence electrons. The van der Waals surface area contributed by atoms with Crippen LogP contribution in [-0.2, 0) is 10.2 Å². The van der Waals surface area contributed by atoms with Gasteiger partial charge in [0.2, 0.25) is 0 Å². The summed E-state index contributed by atoms with van der Waals surface area (Å²) in [6.45, 7) is 12.0. The van der Waals surface area contributed by atoms with E-state index in [1.807, 2.05) is 47.6 Å². The van der Waals surface area contributed by atoms with Gasteiger partial charge in [0.25, 0.3) is 0 Å². The lowest BCUT2D eigenvalue weighted by Gasteiger charge is -2.20. The van der Waals surface area contributed by atoms with Gasteiger partial charge in [-0.3, -0.25) is 0 Å². The highest BCUT2D eigenvalue weighted by molar-refractivity contribution is 5.67. The summed E-state index contributed by atoms with van der Waals surface area (Å²) in [5.41, 5.74) is 1.09. The van der Waals surface area contributed by atoms with E-state index >= 15 is 0 Å². The third kappa shape index (κ3) is 7.10. The highest BCUT2D eigenvalue weighted by atomic mass is 16.6. The van der Waals surface area contributed by atoms with Gasteiger partial charge in [-0.2, -0.15) is 0 Å². The van der Waals surface area contributed by atoms with Gasteiger partial charge in [0.1, 0.15) is 11.4 Å². The third-order valence-corrected chi connectivity index (χ3v) is 2.96. The topological polar surface area (TPSA) is 58.6 Å². The second kappa shape index (κ2) is 7.41. The minimum atomic E-state index is -0.495. The monoisotopic (exact) mass is 317 g/mol. The normalized spacial score (nSPS) is 11.4. The van der Waals surface area contributed by atoms with E-state index < -0.39 is 11.7 Å². The number of amides is 1. The first-order valence-electron chi connectivity index (χ1n) is 7.78. The number of aromatic hydroxyl groups is 1. The maximum atomic E-state index is 11.5. The van der Waals surface area contributed by atoms with E-state index in [0.717, 1.165) is 11.1 Å². The van der Waals surface area contributed by atoms with E-state index in [9.17, 15) is 9.90 Å². The summed E-state index contributed by atoms with van der Waals surface area (Å²) in [4.78, 5) is 11.5. The molecule has 0 aliphatic carbocycles. The molecule has 1 amide bonds. The molecule has 0 atom stereocenters. The number of hydrogen-bond donors (Lipinski definition) is 2. The van der Waals surface area contributed by atoms with Gasteiger partial charge in [0.05, 0.1) is 0 Å². The molecule has 0 bridgehead atoms. The molecular weight excluding hydrogens is 290 g/mol. The second-order valence-electron chi connectivity index (χ2n) is 7.46. The van der Waals surface area contributed by atoms with Crippen molar-refractivity contribution in [3.8, 4) is 17.6 Å². The Morgan fingerprint density at radius 2 is 1.87 bits per heavy atom. The van der Waals surface area contributed by atoms with Crippen LogP contribution in [0, 0.1) is 11.8 Å². The van der Waals surface area contributed by atoms with Crippen molar-refractivity contribution in [1.29, 1.82) is 0 Å². The van der Waals surface area contributed by atoms with Gasteiger partial charge in [0, 0.05) is 24.1 Å². The van der Waals surface area contributed by atoms with E-state index in [1.165, 1.54) is 0 Å². The number of phenolic OH excluding ortho intramolecular Hbond substituents is 1. The van der Waals surface area contributed by atoms with Crippen molar-refractivity contribution in [2.24, 2.45) is 0 Å². The number of rotatable bonds is 2. The van der Waals surface area contributed by atoms with Gasteiger partial charge in [-0.1, -0.05) is 32.6 Å². The summed E-state index contributed by atoms with van der Waals surface area (Å²) >= 11 is 0. The van der Waals surface area contributed by atoms with Crippen molar-refractivity contribution < 1.29 is 14.6 Å². The number of carbonyl (C=O) groups is 1. The second-order valence-corrected chi connectivity index (χ2v) is 7.46. The molecule has 0 saturated carbocycles. The molecule has 0 heterocycles. The number of nitrogens with one attached hydrogen (secondary N) is 1. The lowest BCUT2D eigenvalue weighted by atomic mass is 9.85. The molecule has 0 aliphatic rings. The largest absolute Gasteiger partial charge is 0.508 e. The molecule has 23 heavy (non-hydrogen) atoms. The first kappa shape index (κ1) is 18.9. The Balaban J connectivity index is 2.56. The molecule has 0 aromatic heterocycles. The van der Waals surface area contributed by atoms with E-state index in [-0.39, 0.29) is 11.2 Å². The first-order chi connectivity index (χ1) is 10.5. The number of hydrogen-bond acceptors (Lipinski definition) is 3. The van der Waals surface area contributed by atoms with Gasteiger partial charge in [-0.15, -0.1) is 0 Å². The Morgan fingerprint density at radius 1 is 1.22 bits per heavy atom. The predicted molar refractivity (Wildman–Crippen MR) is 92.5 cm³/mol. The lowest BCUT2D eigenvalue weighted by molar-refractivity contribution is 0.0529. The summed E-state index contributed by atoms with van der Waals surface area (Å²) < 4.78 is 5.14. The van der Waals surface area contributed by atoms with E-state index in [1.54, 1.807) is 12.1 Å². The summed E-state index contributed by atoms with van der Waals surface area (Å²) in [5.74, 6) is 6.36. The number of ether oxygens (including phenoxy) is 1. The van der Waals surface area contributed by atoms with Crippen LogP contribution in [0.15, 0.2) is 18.2 Å². The summed E-state index contributed by atoms with van der Waals surface area (Å²) in [6.07, 6.45) is 0.101. The molecule has 0 saturated heterocycles. The van der Waals surface area contributed by atoms with Crippen LogP contribution in [0.1, 0.15) is 59.1 Å². The molecule has 0 fully saturated rings. The van der Waals surface area contributed by atoms with Gasteiger partial charge in [-0.05, 0) is 44.4 Å². The first-order valence-corrected chi connectivity index (χ1v) is 7.78. The van der Waals surface area contributed by atoms with E-state index in [0.29, 0.717) is 13.0 Å². The Hall–Kier alpha value is -2.15. The molecule has 0 aliphatic heterocycles. The lowest BCUT2D eigenvalue weighted by Crippen LogP contribution is -2.32. The smallest absolute Gasteiger partial charge is 0.407 e. The van der Waals surface area contributed by atoms with Crippen molar-refractivity contribution in [1.82, 2.24) is 5.32 Å². The van der Waals surface area contributed by atoms with Crippen LogP contribution in [0.5, 0.6) is 5.75 Å². The SMILES string of the molecule is CC(C)(C)OC(=O)NCCC#Cc1ccc(O)c(C(C)(C)C)c1. The minimum Gasteiger partial charge on any atom is -0.508 e. The summed E-state index contributed by atoms with van der Waals surface area (Å²) in [5, 5.41) is 12.6. The fourth-order valence-electron chi connectivity index (χ4n) is 1.92. The van der Waals surface area contributed by atoms with Crippen molar-refractivity contribution in [3.05, 3.63) is 29.3 Å². The van der Waals surface area contributed by atoms with Crippen LogP contribution < -0.4 is 5.32 Å². The molecule has 4 heteroatoms. The highest BCUT2D eigenvalue weighted by Crippen LogP contribution is 2.30. The Labute approximate surface area is 139 Å². The molecule has 0 radical (unpaired) electrons. The maximum absolute atomic E-state index is 11.5. The van der Waals surface area contributed by atoms with Crippen LogP contribution in [0.3, 0.4) is 0 Å². The average molecular weight is 317 g/mol. The predicted octanol–water partition coefficient (Wildman–Crippen LogP) is 3.96. The van der Waals surface area contributed by atoms with E-state index in [4.69, 9.17) is 4.74 Å². The van der Waals surface area contributed by atoms with Crippen molar-refractivity contribution in [2.45, 2.75) is 59.0 Å². The van der Waals surface area contributed by atoms with Crippen molar-refractivity contribution in [2.75, 3.05) is 6.54 Å². The zero-order chi connectivity index (χ0) is 17.7. The molecule has 1 aromatic carbocycles. The standard InChI is InChI=1S/C19H27NO3/c1-18(2,3)15-13-14(10-11-16(15)21)9-7-8-12-20-17(22)23-19(4,5)6/h10-11,13,21H,8,12H2,1-6H3,(H,20,22). The average Bonchev–Trinajstić information content (AvgIpc) is 2.36. The zero-order valence-corrected chi connectivity index (χ0v) is 14.9. The molecule has 0 unspecified atom stereocenters. The van der Waals surface area contributed by atoms with Crippen LogP contribution in [0.2, 0.25) is 0 Å². The number of phenols is 1. The van der Waals surface area contributed by atoms with Crippen LogP contribution in [-0.4, -0.2) is 23.3 Å². The van der Waals surface area contributed by atoms with Gasteiger partial charge >= 0.3 is 6.09 Å². The van der Waals surface area contributed by atoms with Crippen LogP contribution >= 0.6 is 0 Å². The molecule has 1 rings (SSSR count). The number of alkyl carbamates (subject to hydrolysis) is 1. The minimum absolute atomic E-state index is 0.139. The fraction of sp³-hybridized carbons (Fsp3) is 0.526. The van der Waals surface area contributed by atoms with E-state index in [2.05, 4.69) is 17.2 Å². The van der Waals surface area contributed by atoms with Gasteiger partial charge in [0.15, 0.2) is 0 Å². The molecule has 1 aromatic rings. The maximum Gasteiger partial charge on any atom is 0.407 e. The Bertz CT molecular complexity index is 610. The van der Waals surface area contributed by atoms with Crippen molar-refractivity contribution >= 4 is 6.09 Å². The van der Waals surface area contributed by atoms with Crippen LogP contribution in [0.4, 0.5) is 4.79 Å². The van der Waals surface area contributed by atoms with Crippen molar-refractivity contribution in [3.63, 3.8) is 0 Å². The Morgan fingerprint density at radius 3 is 2.43 bits per heavy atom. The highest BCUT2D eigenvalue weighted by Gasteiger charge is 2.18. The molecule has 0 spiro atoms. The fourth-order valence-corrected chi connectivity index (χ4v) is 1.92. The van der Waals surface area contributed by atoms with Gasteiger partial charge < -0.3 is 15.2 Å². The third-order valence-electron chi connectivity index (χ3n) is 2.96.